The van der Waals surface area contributed by atoms with Crippen LogP contribution in [0.2, 0.25) is 0 Å². The summed E-state index contributed by atoms with van der Waals surface area (Å²) in [6, 6.07) is 11.2. The molecule has 1 saturated heterocycles. The molecular formula is C19H24N4O2. The minimum absolute atomic E-state index is 0.00497. The smallest absolute Gasteiger partial charge is 0.270 e. The Labute approximate surface area is 148 Å². The summed E-state index contributed by atoms with van der Waals surface area (Å²) < 4.78 is 0. The summed E-state index contributed by atoms with van der Waals surface area (Å²) in [5.41, 5.74) is 2.35. The fourth-order valence-corrected chi connectivity index (χ4v) is 3.04. The van der Waals surface area contributed by atoms with Crippen molar-refractivity contribution in [2.75, 3.05) is 45.2 Å². The van der Waals surface area contributed by atoms with Gasteiger partial charge in [0.15, 0.2) is 0 Å². The molecule has 6 nitrogen and oxygen atoms in total. The highest BCUT2D eigenvalue weighted by molar-refractivity contribution is 5.95. The van der Waals surface area contributed by atoms with Crippen LogP contribution in [-0.4, -0.2) is 66.9 Å². The molecule has 2 amide bonds. The highest BCUT2D eigenvalue weighted by Gasteiger charge is 2.23. The number of aromatic nitrogens is 1. The van der Waals surface area contributed by atoms with Gasteiger partial charge in [-0.3, -0.25) is 9.59 Å². The molecule has 0 spiro atoms. The number of benzene rings is 1. The van der Waals surface area contributed by atoms with E-state index in [0.717, 1.165) is 12.1 Å². The Morgan fingerprint density at radius 2 is 1.56 bits per heavy atom. The van der Waals surface area contributed by atoms with Crippen molar-refractivity contribution in [3.63, 3.8) is 0 Å². The first-order valence-corrected chi connectivity index (χ1v) is 8.55. The van der Waals surface area contributed by atoms with E-state index in [2.05, 4.69) is 4.98 Å². The summed E-state index contributed by atoms with van der Waals surface area (Å²) in [4.78, 5) is 33.8. The van der Waals surface area contributed by atoms with Crippen molar-refractivity contribution in [2.24, 2.45) is 0 Å². The summed E-state index contributed by atoms with van der Waals surface area (Å²) in [5.74, 6) is 0.0223. The SMILES string of the molecule is CN(C)c1ccc(C(=O)N2CCCN(C(=O)c3ccc[nH]3)CC2)cc1. The van der Waals surface area contributed by atoms with Crippen LogP contribution in [0.15, 0.2) is 42.6 Å². The highest BCUT2D eigenvalue weighted by atomic mass is 16.2. The lowest BCUT2D eigenvalue weighted by Crippen LogP contribution is -2.37. The predicted molar refractivity (Wildman–Crippen MR) is 98.0 cm³/mol. The van der Waals surface area contributed by atoms with E-state index in [0.29, 0.717) is 37.4 Å². The normalized spacial score (nSPS) is 15.0. The molecule has 2 heterocycles. The molecule has 1 aliphatic rings. The second-order valence-electron chi connectivity index (χ2n) is 6.46. The van der Waals surface area contributed by atoms with Gasteiger partial charge in [0.25, 0.3) is 11.8 Å². The number of hydrogen-bond donors (Lipinski definition) is 1. The maximum Gasteiger partial charge on any atom is 0.270 e. The van der Waals surface area contributed by atoms with Crippen LogP contribution < -0.4 is 4.90 Å². The van der Waals surface area contributed by atoms with Crippen LogP contribution >= 0.6 is 0 Å². The van der Waals surface area contributed by atoms with Gasteiger partial charge < -0.3 is 19.7 Å². The van der Waals surface area contributed by atoms with E-state index >= 15 is 0 Å². The third-order valence-corrected chi connectivity index (χ3v) is 4.53. The van der Waals surface area contributed by atoms with Gasteiger partial charge in [-0.25, -0.2) is 0 Å². The Morgan fingerprint density at radius 1 is 0.920 bits per heavy atom. The van der Waals surface area contributed by atoms with Crippen LogP contribution in [0, 0.1) is 0 Å². The second kappa shape index (κ2) is 7.42. The minimum atomic E-state index is -0.00497. The van der Waals surface area contributed by atoms with Crippen LogP contribution in [0.3, 0.4) is 0 Å². The summed E-state index contributed by atoms with van der Waals surface area (Å²) in [6.07, 6.45) is 2.53. The van der Waals surface area contributed by atoms with Crippen molar-refractivity contribution in [2.45, 2.75) is 6.42 Å². The Morgan fingerprint density at radius 3 is 2.12 bits per heavy atom. The molecular weight excluding hydrogens is 316 g/mol. The van der Waals surface area contributed by atoms with E-state index in [-0.39, 0.29) is 11.8 Å². The van der Waals surface area contributed by atoms with Crippen molar-refractivity contribution in [1.29, 1.82) is 0 Å². The first-order valence-electron chi connectivity index (χ1n) is 8.55. The molecule has 0 aliphatic carbocycles. The van der Waals surface area contributed by atoms with Crippen LogP contribution in [0.4, 0.5) is 5.69 Å². The van der Waals surface area contributed by atoms with E-state index in [4.69, 9.17) is 0 Å². The van der Waals surface area contributed by atoms with Crippen LogP contribution in [0.25, 0.3) is 0 Å². The van der Waals surface area contributed by atoms with Crippen molar-refractivity contribution in [1.82, 2.24) is 14.8 Å². The zero-order chi connectivity index (χ0) is 17.8. The topological polar surface area (TPSA) is 59.7 Å². The van der Waals surface area contributed by atoms with E-state index in [9.17, 15) is 9.59 Å². The third-order valence-electron chi connectivity index (χ3n) is 4.53. The lowest BCUT2D eigenvalue weighted by Gasteiger charge is -2.22. The van der Waals surface area contributed by atoms with E-state index in [1.165, 1.54) is 0 Å². The molecule has 2 aromatic rings. The van der Waals surface area contributed by atoms with Crippen molar-refractivity contribution in [3.05, 3.63) is 53.9 Å². The summed E-state index contributed by atoms with van der Waals surface area (Å²) in [6.45, 7) is 2.45. The van der Waals surface area contributed by atoms with Gasteiger partial charge in [-0.1, -0.05) is 0 Å². The minimum Gasteiger partial charge on any atom is -0.378 e. The fraction of sp³-hybridized carbons (Fsp3) is 0.368. The van der Waals surface area contributed by atoms with Gasteiger partial charge in [-0.2, -0.15) is 0 Å². The molecule has 6 heteroatoms. The van der Waals surface area contributed by atoms with Crippen molar-refractivity contribution >= 4 is 17.5 Å². The van der Waals surface area contributed by atoms with Gasteiger partial charge in [0.05, 0.1) is 0 Å². The van der Waals surface area contributed by atoms with Crippen LogP contribution in [0.1, 0.15) is 27.3 Å². The monoisotopic (exact) mass is 340 g/mol. The van der Waals surface area contributed by atoms with Gasteiger partial charge in [-0.05, 0) is 42.8 Å². The Balaban J connectivity index is 1.64. The number of aromatic amines is 1. The first kappa shape index (κ1) is 17.1. The van der Waals surface area contributed by atoms with E-state index in [1.54, 1.807) is 12.3 Å². The molecule has 0 atom stereocenters. The van der Waals surface area contributed by atoms with Gasteiger partial charge in [0, 0.05) is 57.7 Å². The molecule has 1 fully saturated rings. The molecule has 1 aliphatic heterocycles. The second-order valence-corrected chi connectivity index (χ2v) is 6.46. The molecule has 3 rings (SSSR count). The quantitative estimate of drug-likeness (QED) is 0.930. The summed E-state index contributed by atoms with van der Waals surface area (Å²) in [7, 11) is 3.95. The average Bonchev–Trinajstić information content (AvgIpc) is 3.05. The summed E-state index contributed by atoms with van der Waals surface area (Å²) in [5, 5.41) is 0. The number of carbonyl (C=O) groups excluding carboxylic acids is 2. The number of carbonyl (C=O) groups is 2. The molecule has 0 bridgehead atoms. The lowest BCUT2D eigenvalue weighted by atomic mass is 10.1. The number of rotatable bonds is 3. The zero-order valence-corrected chi connectivity index (χ0v) is 14.7. The van der Waals surface area contributed by atoms with Crippen molar-refractivity contribution in [3.8, 4) is 0 Å². The Bertz CT molecular complexity index is 722. The molecule has 1 aromatic carbocycles. The lowest BCUT2D eigenvalue weighted by molar-refractivity contribution is 0.0716. The third kappa shape index (κ3) is 3.84. The van der Waals surface area contributed by atoms with Crippen LogP contribution in [0.5, 0.6) is 0 Å². The molecule has 1 aromatic heterocycles. The Kier molecular flexibility index (Phi) is 5.07. The van der Waals surface area contributed by atoms with Crippen molar-refractivity contribution < 1.29 is 9.59 Å². The van der Waals surface area contributed by atoms with Gasteiger partial charge in [-0.15, -0.1) is 0 Å². The standard InChI is InChI=1S/C19H24N4O2/c1-21(2)16-8-6-15(7-9-16)18(24)22-11-4-12-23(14-13-22)19(25)17-5-3-10-20-17/h3,5-10,20H,4,11-14H2,1-2H3. The summed E-state index contributed by atoms with van der Waals surface area (Å²) >= 11 is 0. The van der Waals surface area contributed by atoms with Crippen LogP contribution in [-0.2, 0) is 0 Å². The molecule has 1 N–H and O–H groups in total. The fourth-order valence-electron chi connectivity index (χ4n) is 3.04. The van der Waals surface area contributed by atoms with E-state index < -0.39 is 0 Å². The maximum absolute atomic E-state index is 12.7. The zero-order valence-electron chi connectivity index (χ0n) is 14.7. The van der Waals surface area contributed by atoms with Gasteiger partial charge in [0.2, 0.25) is 0 Å². The number of nitrogens with one attached hydrogen (secondary N) is 1. The number of hydrogen-bond acceptors (Lipinski definition) is 3. The molecule has 0 unspecified atom stereocenters. The number of nitrogens with zero attached hydrogens (tertiary/aromatic N) is 3. The molecule has 132 valence electrons. The van der Waals surface area contributed by atoms with E-state index in [1.807, 2.05) is 59.1 Å². The van der Waals surface area contributed by atoms with Gasteiger partial charge >= 0.3 is 0 Å². The molecule has 0 radical (unpaired) electrons. The highest BCUT2D eigenvalue weighted by Crippen LogP contribution is 2.15. The molecule has 25 heavy (non-hydrogen) atoms. The maximum atomic E-state index is 12.7. The number of H-pyrrole nitrogens is 1. The molecule has 0 saturated carbocycles. The first-order chi connectivity index (χ1) is 12.1. The van der Waals surface area contributed by atoms with Gasteiger partial charge in [0.1, 0.15) is 5.69 Å². The average molecular weight is 340 g/mol. The predicted octanol–water partition coefficient (Wildman–Crippen LogP) is 2.07. The number of amides is 2. The largest absolute Gasteiger partial charge is 0.378 e. The Hall–Kier alpha value is -2.76. The number of anilines is 1.